The Morgan fingerprint density at radius 2 is 2.11 bits per heavy atom. The van der Waals surface area contributed by atoms with Gasteiger partial charge in [0, 0.05) is 23.2 Å². The van der Waals surface area contributed by atoms with E-state index in [1.165, 1.54) is 11.3 Å². The van der Waals surface area contributed by atoms with Gasteiger partial charge in [-0.2, -0.15) is 0 Å². The summed E-state index contributed by atoms with van der Waals surface area (Å²) in [6, 6.07) is 0. The van der Waals surface area contributed by atoms with E-state index >= 15 is 0 Å². The number of nitrogens with zero attached hydrogens (tertiary/aromatic N) is 3. The van der Waals surface area contributed by atoms with Crippen LogP contribution in [0.3, 0.4) is 0 Å². The molecule has 0 aliphatic heterocycles. The maximum atomic E-state index is 11.9. The average Bonchev–Trinajstić information content (AvgIpc) is 2.94. The molecule has 3 heterocycles. The summed E-state index contributed by atoms with van der Waals surface area (Å²) in [6.07, 6.45) is 4.48. The maximum Gasteiger partial charge on any atom is 0.193 e. The topological polar surface area (TPSA) is 73.3 Å². The van der Waals surface area contributed by atoms with Crippen LogP contribution in [0.15, 0.2) is 23.2 Å². The van der Waals surface area contributed by atoms with Gasteiger partial charge in [0.15, 0.2) is 10.1 Å². The smallest absolute Gasteiger partial charge is 0.193 e. The molecule has 0 bridgehead atoms. The van der Waals surface area contributed by atoms with Gasteiger partial charge >= 0.3 is 0 Å². The minimum atomic E-state index is 0.103. The van der Waals surface area contributed by atoms with Gasteiger partial charge in [-0.05, 0) is 0 Å². The van der Waals surface area contributed by atoms with E-state index in [2.05, 4.69) is 9.97 Å². The quantitative estimate of drug-likeness (QED) is 0.789. The van der Waals surface area contributed by atoms with Crippen molar-refractivity contribution in [2.75, 3.05) is 5.73 Å². The van der Waals surface area contributed by atoms with Crippen molar-refractivity contribution in [1.82, 2.24) is 14.4 Å². The highest BCUT2D eigenvalue weighted by Crippen LogP contribution is 2.14. The number of ketones is 1. The number of rotatable bonds is 4. The predicted molar refractivity (Wildman–Crippen MR) is 72.0 cm³/mol. The minimum absolute atomic E-state index is 0.103. The molecule has 0 amide bonds. The minimum Gasteiger partial charge on any atom is -0.375 e. The van der Waals surface area contributed by atoms with E-state index in [-0.39, 0.29) is 5.78 Å². The lowest BCUT2D eigenvalue weighted by Crippen LogP contribution is -2.07. The summed E-state index contributed by atoms with van der Waals surface area (Å²) < 4.78 is 1.92. The second kappa shape index (κ2) is 4.51. The molecule has 18 heavy (non-hydrogen) atoms. The lowest BCUT2D eigenvalue weighted by atomic mass is 10.1. The molecular weight excluding hydrogens is 268 g/mol. The normalized spacial score (nSPS) is 11.1. The molecule has 92 valence electrons. The maximum absolute atomic E-state index is 11.9. The Labute approximate surface area is 111 Å². The molecule has 0 saturated carbocycles. The number of carbonyl (C=O) groups is 1. The Balaban J connectivity index is 1.69. The lowest BCUT2D eigenvalue weighted by molar-refractivity contribution is -0.117. The largest absolute Gasteiger partial charge is 0.375 e. The number of hydrogen-bond donors (Lipinski definition) is 1. The number of imidazole rings is 1. The summed E-state index contributed by atoms with van der Waals surface area (Å²) in [5.41, 5.74) is 7.07. The van der Waals surface area contributed by atoms with E-state index < -0.39 is 0 Å². The third-order valence-corrected chi connectivity index (χ3v) is 3.96. The number of carbonyl (C=O) groups excluding carboxylic acids is 1. The van der Waals surface area contributed by atoms with Crippen molar-refractivity contribution in [1.29, 1.82) is 0 Å². The van der Waals surface area contributed by atoms with E-state index in [0.29, 0.717) is 18.0 Å². The first-order chi connectivity index (χ1) is 8.70. The molecule has 0 atom stereocenters. The van der Waals surface area contributed by atoms with Gasteiger partial charge in [-0.15, -0.1) is 22.7 Å². The van der Waals surface area contributed by atoms with Gasteiger partial charge in [0.1, 0.15) is 5.78 Å². The highest BCUT2D eigenvalue weighted by Gasteiger charge is 2.10. The molecule has 3 rings (SSSR count). The summed E-state index contributed by atoms with van der Waals surface area (Å²) in [4.78, 5) is 21.2. The van der Waals surface area contributed by atoms with Gasteiger partial charge < -0.3 is 5.73 Å². The van der Waals surface area contributed by atoms with Crippen molar-refractivity contribution < 1.29 is 4.79 Å². The van der Waals surface area contributed by atoms with Gasteiger partial charge in [-0.25, -0.2) is 9.97 Å². The predicted octanol–water partition coefficient (Wildman–Crippen LogP) is 1.79. The number of anilines is 1. The summed E-state index contributed by atoms with van der Waals surface area (Å²) >= 11 is 2.91. The summed E-state index contributed by atoms with van der Waals surface area (Å²) in [5.74, 6) is 0.103. The molecule has 0 radical (unpaired) electrons. The van der Waals surface area contributed by atoms with Crippen molar-refractivity contribution in [2.24, 2.45) is 0 Å². The lowest BCUT2D eigenvalue weighted by Gasteiger charge is -1.94. The van der Waals surface area contributed by atoms with E-state index in [0.717, 1.165) is 16.3 Å². The number of aromatic nitrogens is 3. The van der Waals surface area contributed by atoms with Crippen LogP contribution in [0, 0.1) is 0 Å². The molecule has 0 aliphatic rings. The average molecular weight is 278 g/mol. The van der Waals surface area contributed by atoms with Crippen LogP contribution in [0.5, 0.6) is 0 Å². The fourth-order valence-electron chi connectivity index (χ4n) is 1.73. The van der Waals surface area contributed by atoms with Crippen molar-refractivity contribution in [3.8, 4) is 0 Å². The number of hydrogen-bond acceptors (Lipinski definition) is 6. The van der Waals surface area contributed by atoms with Crippen LogP contribution in [0.2, 0.25) is 0 Å². The van der Waals surface area contributed by atoms with E-state index in [1.54, 1.807) is 11.3 Å². The molecule has 3 aromatic heterocycles. The van der Waals surface area contributed by atoms with Crippen LogP contribution in [0.1, 0.15) is 11.4 Å². The number of nitrogen functional groups attached to an aromatic ring is 1. The first-order valence-electron chi connectivity index (χ1n) is 5.33. The highest BCUT2D eigenvalue weighted by atomic mass is 32.1. The fraction of sp³-hybridized carbons (Fsp3) is 0.182. The second-order valence-corrected chi connectivity index (χ2v) is 5.66. The Bertz CT molecular complexity index is 668. The fourth-order valence-corrected chi connectivity index (χ4v) is 3.01. The Morgan fingerprint density at radius 3 is 2.83 bits per heavy atom. The van der Waals surface area contributed by atoms with Crippen LogP contribution >= 0.6 is 22.7 Å². The van der Waals surface area contributed by atoms with E-state index in [1.807, 2.05) is 27.6 Å². The Morgan fingerprint density at radius 1 is 1.28 bits per heavy atom. The van der Waals surface area contributed by atoms with Gasteiger partial charge in [-0.3, -0.25) is 9.20 Å². The molecule has 0 saturated heterocycles. The van der Waals surface area contributed by atoms with Crippen LogP contribution in [0.4, 0.5) is 5.13 Å². The zero-order valence-electron chi connectivity index (χ0n) is 9.37. The molecule has 7 heteroatoms. The first-order valence-corrected chi connectivity index (χ1v) is 7.09. The molecule has 2 N–H and O–H groups in total. The SMILES string of the molecule is Nc1nc(CC(=O)Cc2cn3ccsc3n2)cs1. The zero-order chi connectivity index (χ0) is 12.5. The summed E-state index contributed by atoms with van der Waals surface area (Å²) in [7, 11) is 0. The van der Waals surface area contributed by atoms with Gasteiger partial charge in [-0.1, -0.05) is 0 Å². The third kappa shape index (κ3) is 2.27. The van der Waals surface area contributed by atoms with Crippen molar-refractivity contribution in [2.45, 2.75) is 12.8 Å². The van der Waals surface area contributed by atoms with Crippen LogP contribution in [-0.2, 0) is 17.6 Å². The van der Waals surface area contributed by atoms with Crippen molar-refractivity contribution in [3.63, 3.8) is 0 Å². The number of Topliss-reactive ketones (excluding diaryl/α,β-unsaturated/α-hetero) is 1. The van der Waals surface area contributed by atoms with Crippen LogP contribution in [-0.4, -0.2) is 20.2 Å². The monoisotopic (exact) mass is 278 g/mol. The molecule has 5 nitrogen and oxygen atoms in total. The molecule has 3 aromatic rings. The Hall–Kier alpha value is -1.73. The van der Waals surface area contributed by atoms with Gasteiger partial charge in [0.25, 0.3) is 0 Å². The summed E-state index contributed by atoms with van der Waals surface area (Å²) in [5, 5.41) is 4.28. The van der Waals surface area contributed by atoms with Crippen molar-refractivity contribution >= 4 is 38.5 Å². The van der Waals surface area contributed by atoms with E-state index in [4.69, 9.17) is 5.73 Å². The number of fused-ring (bicyclic) bond motifs is 1. The van der Waals surface area contributed by atoms with Gasteiger partial charge in [0.05, 0.1) is 24.2 Å². The molecular formula is C11H10N4OS2. The van der Waals surface area contributed by atoms with Crippen LogP contribution in [0.25, 0.3) is 4.96 Å². The molecule has 0 aliphatic carbocycles. The molecule has 0 spiro atoms. The van der Waals surface area contributed by atoms with E-state index in [9.17, 15) is 4.79 Å². The van der Waals surface area contributed by atoms with Crippen molar-refractivity contribution in [3.05, 3.63) is 34.5 Å². The molecule has 0 fully saturated rings. The van der Waals surface area contributed by atoms with Gasteiger partial charge in [0.2, 0.25) is 0 Å². The summed E-state index contributed by atoms with van der Waals surface area (Å²) in [6.45, 7) is 0. The first kappa shape index (κ1) is 11.4. The standard InChI is InChI=1S/C11H10N4OS2/c12-10-13-8(6-18-10)4-9(16)3-7-5-15-1-2-17-11(15)14-7/h1-2,5-6H,3-4H2,(H2,12,13). The third-order valence-electron chi connectivity index (χ3n) is 2.47. The highest BCUT2D eigenvalue weighted by molar-refractivity contribution is 7.15. The number of nitrogens with two attached hydrogens (primary N) is 1. The Kier molecular flexibility index (Phi) is 2.85. The second-order valence-electron chi connectivity index (χ2n) is 3.89. The number of thiazole rings is 2. The molecule has 0 unspecified atom stereocenters. The molecule has 0 aromatic carbocycles. The van der Waals surface area contributed by atoms with Crippen LogP contribution < -0.4 is 5.73 Å². The zero-order valence-corrected chi connectivity index (χ0v) is 11.0.